The molecule has 2 aliphatic rings. The first-order valence-electron chi connectivity index (χ1n) is 9.44. The van der Waals surface area contributed by atoms with Crippen molar-refractivity contribution < 1.29 is 9.18 Å². The number of thiazole rings is 1. The summed E-state index contributed by atoms with van der Waals surface area (Å²) in [5.74, 6) is 0.631. The minimum atomic E-state index is -0.202. The number of likely N-dealkylation sites (tertiary alicyclic amines) is 2. The highest BCUT2D eigenvalue weighted by Gasteiger charge is 2.47. The van der Waals surface area contributed by atoms with Gasteiger partial charge >= 0.3 is 0 Å². The van der Waals surface area contributed by atoms with Crippen LogP contribution in [0, 0.1) is 24.6 Å². The number of nitrogens with one attached hydrogen (secondary N) is 1. The molecule has 1 aromatic carbocycles. The molecule has 0 unspecified atom stereocenters. The summed E-state index contributed by atoms with van der Waals surface area (Å²) in [5, 5.41) is 3.99. The minimum absolute atomic E-state index is 0. The molecule has 2 fully saturated rings. The normalized spacial score (nSPS) is 23.3. The van der Waals surface area contributed by atoms with Crippen LogP contribution in [0.5, 0.6) is 0 Å². The van der Waals surface area contributed by atoms with Crippen LogP contribution < -0.4 is 5.32 Å². The summed E-state index contributed by atoms with van der Waals surface area (Å²) < 4.78 is 13.7. The summed E-state index contributed by atoms with van der Waals surface area (Å²) in [7, 11) is 2.09. The fourth-order valence-corrected chi connectivity index (χ4v) is 5.58. The second kappa shape index (κ2) is 9.60. The van der Waals surface area contributed by atoms with E-state index < -0.39 is 0 Å². The van der Waals surface area contributed by atoms with Crippen LogP contribution in [0.4, 0.5) is 9.52 Å². The number of hydrogen-bond donors (Lipinski definition) is 1. The Kier molecular flexibility index (Phi) is 7.90. The average molecular weight is 461 g/mol. The number of aryl methyl sites for hydroxylation is 1. The number of carbonyl (C=O) groups is 1. The summed E-state index contributed by atoms with van der Waals surface area (Å²) in [5.41, 5.74) is 1.79. The fraction of sp³-hybridized carbons (Fsp3) is 0.500. The summed E-state index contributed by atoms with van der Waals surface area (Å²) >= 11 is 1.43. The molecule has 2 aliphatic heterocycles. The van der Waals surface area contributed by atoms with Gasteiger partial charge < -0.3 is 10.2 Å². The fourth-order valence-electron chi connectivity index (χ4n) is 4.58. The third-order valence-electron chi connectivity index (χ3n) is 5.69. The van der Waals surface area contributed by atoms with E-state index in [2.05, 4.69) is 22.2 Å². The number of rotatable bonds is 4. The van der Waals surface area contributed by atoms with E-state index in [-0.39, 0.29) is 42.6 Å². The topological polar surface area (TPSA) is 48.5 Å². The van der Waals surface area contributed by atoms with Crippen LogP contribution in [0.3, 0.4) is 0 Å². The van der Waals surface area contributed by atoms with Gasteiger partial charge in [0.15, 0.2) is 5.13 Å². The Morgan fingerprint density at radius 3 is 2.76 bits per heavy atom. The number of amides is 1. The van der Waals surface area contributed by atoms with Gasteiger partial charge in [0, 0.05) is 38.1 Å². The molecule has 2 aromatic rings. The van der Waals surface area contributed by atoms with Crippen molar-refractivity contribution in [2.24, 2.45) is 11.8 Å². The van der Waals surface area contributed by atoms with E-state index in [1.54, 1.807) is 12.1 Å². The first-order valence-corrected chi connectivity index (χ1v) is 10.3. The maximum absolute atomic E-state index is 13.7. The first-order chi connectivity index (χ1) is 13.0. The SMILES string of the molecule is CCNc1nc(C)c(C(=O)N2C[C@@H]3CN(C)[C@@H](c4cccc(F)c4)[C@@H]3C2)s1.Cl.Cl. The maximum Gasteiger partial charge on any atom is 0.265 e. The summed E-state index contributed by atoms with van der Waals surface area (Å²) in [6, 6.07) is 7.03. The minimum Gasteiger partial charge on any atom is -0.362 e. The van der Waals surface area contributed by atoms with Crippen molar-refractivity contribution in [3.63, 3.8) is 0 Å². The molecule has 3 atom stereocenters. The summed E-state index contributed by atoms with van der Waals surface area (Å²) in [4.78, 5) is 22.5. The molecule has 5 nitrogen and oxygen atoms in total. The van der Waals surface area contributed by atoms with Gasteiger partial charge in [0.05, 0.1) is 5.69 Å². The molecule has 0 spiro atoms. The lowest BCUT2D eigenvalue weighted by Gasteiger charge is -2.26. The van der Waals surface area contributed by atoms with Gasteiger partial charge in [0.2, 0.25) is 0 Å². The number of fused-ring (bicyclic) bond motifs is 1. The average Bonchev–Trinajstić information content (AvgIpc) is 3.26. The van der Waals surface area contributed by atoms with Crippen molar-refractivity contribution in [2.75, 3.05) is 38.5 Å². The number of nitrogens with zero attached hydrogens (tertiary/aromatic N) is 3. The van der Waals surface area contributed by atoms with Gasteiger partial charge in [-0.25, -0.2) is 9.37 Å². The van der Waals surface area contributed by atoms with Crippen LogP contribution in [0.15, 0.2) is 24.3 Å². The van der Waals surface area contributed by atoms with Gasteiger partial charge in [-0.1, -0.05) is 23.5 Å². The first kappa shape index (κ1) is 23.9. The Labute approximate surface area is 187 Å². The molecule has 9 heteroatoms. The monoisotopic (exact) mass is 460 g/mol. The Morgan fingerprint density at radius 2 is 2.07 bits per heavy atom. The number of carbonyl (C=O) groups excluding carboxylic acids is 1. The highest BCUT2D eigenvalue weighted by atomic mass is 35.5. The van der Waals surface area contributed by atoms with Gasteiger partial charge in [-0.05, 0) is 44.5 Å². The molecule has 1 N–H and O–H groups in total. The van der Waals surface area contributed by atoms with E-state index >= 15 is 0 Å². The molecule has 1 aromatic heterocycles. The van der Waals surface area contributed by atoms with E-state index in [1.165, 1.54) is 17.4 Å². The molecule has 0 aliphatic carbocycles. The predicted octanol–water partition coefficient (Wildman–Crippen LogP) is 4.24. The molecule has 3 heterocycles. The number of hydrogen-bond acceptors (Lipinski definition) is 5. The van der Waals surface area contributed by atoms with Crippen molar-refractivity contribution in [2.45, 2.75) is 19.9 Å². The van der Waals surface area contributed by atoms with E-state index in [9.17, 15) is 9.18 Å². The lowest BCUT2D eigenvalue weighted by atomic mass is 9.89. The number of halogens is 3. The Hall–Kier alpha value is -1.41. The predicted molar refractivity (Wildman–Crippen MR) is 120 cm³/mol. The van der Waals surface area contributed by atoms with Crippen LogP contribution in [0.2, 0.25) is 0 Å². The van der Waals surface area contributed by atoms with Crippen LogP contribution in [-0.4, -0.2) is 53.9 Å². The zero-order valence-electron chi connectivity index (χ0n) is 16.7. The third kappa shape index (κ3) is 4.53. The molecule has 0 radical (unpaired) electrons. The molecular formula is C20H27Cl2FN4OS. The second-order valence-corrected chi connectivity index (χ2v) is 8.54. The zero-order valence-corrected chi connectivity index (χ0v) is 19.2. The Balaban J connectivity index is 0.00000150. The standard InChI is InChI=1S/C20H25FN4OS.2ClH/c1-4-22-20-23-12(2)18(27-20)19(26)25-10-14-9-24(3)17(16(14)11-25)13-6-5-7-15(21)8-13;;/h5-8,14,16-17H,4,9-11H2,1-3H3,(H,22,23);2*1H/t14-,16+,17-;;/m0../s1. The molecule has 160 valence electrons. The third-order valence-corrected chi connectivity index (χ3v) is 6.79. The molecule has 4 rings (SSSR count). The van der Waals surface area contributed by atoms with Gasteiger partial charge in [0.25, 0.3) is 5.91 Å². The van der Waals surface area contributed by atoms with E-state index in [0.29, 0.717) is 18.4 Å². The van der Waals surface area contributed by atoms with Crippen molar-refractivity contribution in [1.82, 2.24) is 14.8 Å². The van der Waals surface area contributed by atoms with E-state index in [4.69, 9.17) is 0 Å². The van der Waals surface area contributed by atoms with Gasteiger partial charge in [-0.2, -0.15) is 0 Å². The van der Waals surface area contributed by atoms with Gasteiger partial charge in [-0.15, -0.1) is 24.8 Å². The van der Waals surface area contributed by atoms with E-state index in [1.807, 2.05) is 24.8 Å². The van der Waals surface area contributed by atoms with Crippen molar-refractivity contribution in [3.8, 4) is 0 Å². The smallest absolute Gasteiger partial charge is 0.265 e. The van der Waals surface area contributed by atoms with Crippen LogP contribution >= 0.6 is 36.2 Å². The van der Waals surface area contributed by atoms with E-state index in [0.717, 1.165) is 40.9 Å². The second-order valence-electron chi connectivity index (χ2n) is 7.54. The van der Waals surface area contributed by atoms with Crippen LogP contribution in [0.1, 0.15) is 33.9 Å². The van der Waals surface area contributed by atoms with Crippen molar-refractivity contribution in [3.05, 3.63) is 46.2 Å². The van der Waals surface area contributed by atoms with Gasteiger partial charge in [-0.3, -0.25) is 9.69 Å². The molecule has 29 heavy (non-hydrogen) atoms. The largest absolute Gasteiger partial charge is 0.362 e. The van der Waals surface area contributed by atoms with Crippen LogP contribution in [0.25, 0.3) is 0 Å². The lowest BCUT2D eigenvalue weighted by molar-refractivity contribution is 0.0771. The lowest BCUT2D eigenvalue weighted by Crippen LogP contribution is -2.33. The zero-order chi connectivity index (χ0) is 19.1. The molecule has 0 saturated carbocycles. The van der Waals surface area contributed by atoms with Gasteiger partial charge in [0.1, 0.15) is 10.7 Å². The Bertz CT molecular complexity index is 865. The van der Waals surface area contributed by atoms with Crippen LogP contribution in [-0.2, 0) is 0 Å². The highest BCUT2D eigenvalue weighted by molar-refractivity contribution is 7.17. The maximum atomic E-state index is 13.7. The molecule has 2 saturated heterocycles. The number of benzene rings is 1. The summed E-state index contributed by atoms with van der Waals surface area (Å²) in [6.45, 7) is 7.10. The molecular weight excluding hydrogens is 434 g/mol. The number of aromatic nitrogens is 1. The highest BCUT2D eigenvalue weighted by Crippen LogP contribution is 2.44. The number of anilines is 1. The molecule has 0 bridgehead atoms. The Morgan fingerprint density at radius 1 is 1.31 bits per heavy atom. The summed E-state index contributed by atoms with van der Waals surface area (Å²) in [6.07, 6.45) is 0. The van der Waals surface area contributed by atoms with Crippen molar-refractivity contribution >= 4 is 47.2 Å². The molecule has 1 amide bonds. The van der Waals surface area contributed by atoms with Crippen molar-refractivity contribution in [1.29, 1.82) is 0 Å². The quantitative estimate of drug-likeness (QED) is 0.740.